The highest BCUT2D eigenvalue weighted by Gasteiger charge is 2.31. The first-order valence-electron chi connectivity index (χ1n) is 5.84. The van der Waals surface area contributed by atoms with E-state index in [-0.39, 0.29) is 18.3 Å². The Bertz CT molecular complexity index is 452. The van der Waals surface area contributed by atoms with Gasteiger partial charge in [-0.25, -0.2) is 4.79 Å². The van der Waals surface area contributed by atoms with Gasteiger partial charge in [-0.1, -0.05) is 6.07 Å². The molecule has 1 aromatic carbocycles. The van der Waals surface area contributed by atoms with Gasteiger partial charge >= 0.3 is 12.4 Å². The molecule has 0 aliphatic rings. The van der Waals surface area contributed by atoms with E-state index in [2.05, 4.69) is 15.4 Å². The van der Waals surface area contributed by atoms with E-state index < -0.39 is 18.1 Å². The number of ether oxygens (including phenoxy) is 1. The van der Waals surface area contributed by atoms with E-state index in [0.29, 0.717) is 6.42 Å². The molecule has 0 fully saturated rings. The molecule has 0 aromatic heterocycles. The molecule has 0 saturated heterocycles. The van der Waals surface area contributed by atoms with Gasteiger partial charge < -0.3 is 20.5 Å². The summed E-state index contributed by atoms with van der Waals surface area (Å²) in [6.07, 6.45) is -4.40. The van der Waals surface area contributed by atoms with Crippen molar-refractivity contribution < 1.29 is 27.8 Å². The second-order valence-electron chi connectivity index (χ2n) is 4.09. The van der Waals surface area contributed by atoms with Crippen LogP contribution in [0.3, 0.4) is 0 Å². The van der Waals surface area contributed by atoms with Crippen molar-refractivity contribution in [3.8, 4) is 5.75 Å². The highest BCUT2D eigenvalue weighted by atomic mass is 19.4. The number of carbonyl (C=O) groups is 1. The first kappa shape index (κ1) is 16.1. The number of urea groups is 1. The van der Waals surface area contributed by atoms with E-state index >= 15 is 0 Å². The quantitative estimate of drug-likeness (QED) is 0.781. The molecule has 20 heavy (non-hydrogen) atoms. The average Bonchev–Trinajstić information content (AvgIpc) is 2.26. The molecule has 0 bridgehead atoms. The van der Waals surface area contributed by atoms with Gasteiger partial charge in [-0.15, -0.1) is 13.2 Å². The number of nitrogens with one attached hydrogen (secondary N) is 2. The summed E-state index contributed by atoms with van der Waals surface area (Å²) in [4.78, 5) is 11.5. The Hall–Kier alpha value is -1.96. The van der Waals surface area contributed by atoms with Crippen LogP contribution in [0.25, 0.3) is 0 Å². The zero-order valence-corrected chi connectivity index (χ0v) is 10.7. The molecule has 112 valence electrons. The number of anilines is 1. The predicted molar refractivity (Wildman–Crippen MR) is 66.4 cm³/mol. The molecule has 0 aliphatic carbocycles. The fraction of sp³-hybridized carbons (Fsp3) is 0.417. The fourth-order valence-corrected chi connectivity index (χ4v) is 1.43. The number of benzene rings is 1. The summed E-state index contributed by atoms with van der Waals surface area (Å²) in [6, 6.07) is 4.12. The molecule has 0 radical (unpaired) electrons. The van der Waals surface area contributed by atoms with Crippen molar-refractivity contribution in [2.45, 2.75) is 25.7 Å². The molecule has 0 aliphatic heterocycles. The number of alkyl halides is 3. The maximum absolute atomic E-state index is 12.0. The number of hydrogen-bond acceptors (Lipinski definition) is 3. The molecule has 1 aromatic rings. The summed E-state index contributed by atoms with van der Waals surface area (Å²) in [7, 11) is 0. The second kappa shape index (κ2) is 6.99. The number of rotatable bonds is 5. The van der Waals surface area contributed by atoms with Crippen LogP contribution in [0.1, 0.15) is 13.3 Å². The van der Waals surface area contributed by atoms with Gasteiger partial charge in [0.25, 0.3) is 0 Å². The lowest BCUT2D eigenvalue weighted by Crippen LogP contribution is -2.36. The number of halogens is 3. The van der Waals surface area contributed by atoms with Crippen molar-refractivity contribution in [3.63, 3.8) is 0 Å². The van der Waals surface area contributed by atoms with Crippen LogP contribution in [0.4, 0.5) is 23.7 Å². The third-order valence-corrected chi connectivity index (χ3v) is 2.27. The summed E-state index contributed by atoms with van der Waals surface area (Å²) in [5, 5.41) is 13.6. The topological polar surface area (TPSA) is 70.6 Å². The Kier molecular flexibility index (Phi) is 5.63. The van der Waals surface area contributed by atoms with Crippen LogP contribution in [0.15, 0.2) is 24.3 Å². The van der Waals surface area contributed by atoms with Crippen LogP contribution in [0, 0.1) is 0 Å². The predicted octanol–water partition coefficient (Wildman–Crippen LogP) is 2.48. The molecule has 0 saturated carbocycles. The number of aliphatic hydroxyl groups excluding tert-OH is 1. The molecule has 0 unspecified atom stereocenters. The largest absolute Gasteiger partial charge is 0.573 e. The van der Waals surface area contributed by atoms with Crippen LogP contribution >= 0.6 is 0 Å². The lowest BCUT2D eigenvalue weighted by molar-refractivity contribution is -0.274. The summed E-state index contributed by atoms with van der Waals surface area (Å²) in [6.45, 7) is 1.62. The van der Waals surface area contributed by atoms with E-state index in [1.807, 2.05) is 0 Å². The second-order valence-corrected chi connectivity index (χ2v) is 4.09. The number of hydrogen-bond donors (Lipinski definition) is 3. The van der Waals surface area contributed by atoms with Gasteiger partial charge in [0.15, 0.2) is 0 Å². The van der Waals surface area contributed by atoms with Crippen LogP contribution in [0.5, 0.6) is 5.75 Å². The van der Waals surface area contributed by atoms with Gasteiger partial charge in [0.1, 0.15) is 5.75 Å². The van der Waals surface area contributed by atoms with Gasteiger partial charge in [-0.05, 0) is 25.5 Å². The summed E-state index contributed by atoms with van der Waals surface area (Å²) >= 11 is 0. The van der Waals surface area contributed by atoms with E-state index in [1.165, 1.54) is 12.1 Å². The Morgan fingerprint density at radius 2 is 2.15 bits per heavy atom. The fourth-order valence-electron chi connectivity index (χ4n) is 1.43. The third kappa shape index (κ3) is 6.28. The Morgan fingerprint density at radius 3 is 2.75 bits per heavy atom. The lowest BCUT2D eigenvalue weighted by atomic mass is 10.2. The molecule has 8 heteroatoms. The molecule has 0 heterocycles. The molecular formula is C12H15F3N2O3. The SMILES string of the molecule is C[C@H](CCO)NC(=O)Nc1cccc(OC(F)(F)F)c1. The highest BCUT2D eigenvalue weighted by molar-refractivity contribution is 5.89. The Morgan fingerprint density at radius 1 is 1.45 bits per heavy atom. The monoisotopic (exact) mass is 292 g/mol. The molecule has 3 N–H and O–H groups in total. The van der Waals surface area contributed by atoms with E-state index in [4.69, 9.17) is 5.11 Å². The number of amides is 2. The highest BCUT2D eigenvalue weighted by Crippen LogP contribution is 2.24. The minimum absolute atomic E-state index is 0.0731. The van der Waals surface area contributed by atoms with Crippen LogP contribution in [0.2, 0.25) is 0 Å². The minimum Gasteiger partial charge on any atom is -0.406 e. The third-order valence-electron chi connectivity index (χ3n) is 2.27. The zero-order valence-electron chi connectivity index (χ0n) is 10.7. The first-order chi connectivity index (χ1) is 9.30. The van der Waals surface area contributed by atoms with Gasteiger partial charge in [0.05, 0.1) is 0 Å². The molecule has 2 amide bonds. The van der Waals surface area contributed by atoms with Crippen molar-refractivity contribution in [1.82, 2.24) is 5.32 Å². The van der Waals surface area contributed by atoms with Crippen LogP contribution < -0.4 is 15.4 Å². The van der Waals surface area contributed by atoms with Crippen molar-refractivity contribution in [1.29, 1.82) is 0 Å². The molecule has 1 rings (SSSR count). The first-order valence-corrected chi connectivity index (χ1v) is 5.84. The molecular weight excluding hydrogens is 277 g/mol. The maximum atomic E-state index is 12.0. The standard InChI is InChI=1S/C12H15F3N2O3/c1-8(5-6-18)16-11(19)17-9-3-2-4-10(7-9)20-12(13,14)15/h2-4,7-8,18H,5-6H2,1H3,(H2,16,17,19)/t8-/m1/s1. The normalized spacial score (nSPS) is 12.7. The van der Waals surface area contributed by atoms with Crippen molar-refractivity contribution in [3.05, 3.63) is 24.3 Å². The zero-order chi connectivity index (χ0) is 15.2. The Balaban J connectivity index is 2.60. The molecule has 0 spiro atoms. The molecule has 5 nitrogen and oxygen atoms in total. The van der Waals surface area contributed by atoms with Crippen molar-refractivity contribution in [2.24, 2.45) is 0 Å². The van der Waals surface area contributed by atoms with Gasteiger partial charge in [-0.3, -0.25) is 0 Å². The van der Waals surface area contributed by atoms with Crippen LogP contribution in [-0.2, 0) is 0 Å². The average molecular weight is 292 g/mol. The molecule has 1 atom stereocenters. The van der Waals surface area contributed by atoms with E-state index in [9.17, 15) is 18.0 Å². The van der Waals surface area contributed by atoms with Crippen LogP contribution in [-0.4, -0.2) is 30.1 Å². The summed E-state index contributed by atoms with van der Waals surface area (Å²) < 4.78 is 39.9. The van der Waals surface area contributed by atoms with Crippen molar-refractivity contribution >= 4 is 11.7 Å². The smallest absolute Gasteiger partial charge is 0.406 e. The Labute approximate surface area is 113 Å². The van der Waals surface area contributed by atoms with E-state index in [1.54, 1.807) is 6.92 Å². The van der Waals surface area contributed by atoms with E-state index in [0.717, 1.165) is 12.1 Å². The van der Waals surface area contributed by atoms with Gasteiger partial charge in [0.2, 0.25) is 0 Å². The van der Waals surface area contributed by atoms with Gasteiger partial charge in [0, 0.05) is 24.4 Å². The summed E-state index contributed by atoms with van der Waals surface area (Å²) in [5.41, 5.74) is 0.167. The lowest BCUT2D eigenvalue weighted by Gasteiger charge is -2.14. The summed E-state index contributed by atoms with van der Waals surface area (Å²) in [5.74, 6) is -0.418. The van der Waals surface area contributed by atoms with Gasteiger partial charge in [-0.2, -0.15) is 0 Å². The van der Waals surface area contributed by atoms with Crippen molar-refractivity contribution in [2.75, 3.05) is 11.9 Å². The minimum atomic E-state index is -4.78. The number of aliphatic hydroxyl groups is 1. The maximum Gasteiger partial charge on any atom is 0.573 e. The number of carbonyl (C=O) groups excluding carboxylic acids is 1.